The molecule has 0 saturated heterocycles. The van der Waals surface area contributed by atoms with Crippen LogP contribution in [0.3, 0.4) is 0 Å². The summed E-state index contributed by atoms with van der Waals surface area (Å²) in [4.78, 5) is 1.73. The highest BCUT2D eigenvalue weighted by molar-refractivity contribution is 6.33. The van der Waals surface area contributed by atoms with Gasteiger partial charge in [-0.2, -0.15) is 0 Å². The Labute approximate surface area is 93.8 Å². The fourth-order valence-electron chi connectivity index (χ4n) is 1.49. The van der Waals surface area contributed by atoms with Gasteiger partial charge in [-0.3, -0.25) is 0 Å². The summed E-state index contributed by atoms with van der Waals surface area (Å²) in [6, 6.07) is 1.48. The first kappa shape index (κ1) is 11.9. The number of nitrogen functional groups attached to an aromatic ring is 2. The summed E-state index contributed by atoms with van der Waals surface area (Å²) in [6.07, 6.45) is 0.900. The van der Waals surface area contributed by atoms with Gasteiger partial charge in [0.25, 0.3) is 0 Å². The third-order valence-corrected chi connectivity index (χ3v) is 2.56. The molecule has 0 aromatic heterocycles. The molecule has 0 unspecified atom stereocenters. The molecule has 0 saturated carbocycles. The molecule has 1 rings (SSSR count). The Morgan fingerprint density at radius 2 is 2.00 bits per heavy atom. The first-order chi connectivity index (χ1) is 6.99. The smallest absolute Gasteiger partial charge is 0.169 e. The molecule has 1 aromatic rings. The molecule has 84 valence electrons. The number of nitrogens with two attached hydrogens (primary N) is 2. The van der Waals surface area contributed by atoms with E-state index in [4.69, 9.17) is 23.1 Å². The highest BCUT2D eigenvalue weighted by Gasteiger charge is 2.16. The molecule has 0 atom stereocenters. The molecule has 4 N–H and O–H groups in total. The Morgan fingerprint density at radius 3 is 2.53 bits per heavy atom. The minimum absolute atomic E-state index is 0.0675. The van der Waals surface area contributed by atoms with Crippen molar-refractivity contribution in [1.82, 2.24) is 0 Å². The Morgan fingerprint density at radius 1 is 1.40 bits per heavy atom. The number of rotatable bonds is 3. The molecule has 0 heterocycles. The number of hydrogen-bond acceptors (Lipinski definition) is 3. The molecule has 15 heavy (non-hydrogen) atoms. The Bertz CT molecular complexity index is 368. The van der Waals surface area contributed by atoms with E-state index in [2.05, 4.69) is 0 Å². The number of halogens is 2. The van der Waals surface area contributed by atoms with Gasteiger partial charge in [-0.25, -0.2) is 4.39 Å². The lowest BCUT2D eigenvalue weighted by molar-refractivity contribution is 0.623. The summed E-state index contributed by atoms with van der Waals surface area (Å²) in [7, 11) is 1.77. The minimum atomic E-state index is -0.551. The van der Waals surface area contributed by atoms with Crippen LogP contribution >= 0.6 is 11.6 Å². The zero-order valence-electron chi connectivity index (χ0n) is 8.85. The predicted octanol–water partition coefficient (Wildman–Crippen LogP) is 2.49. The van der Waals surface area contributed by atoms with Crippen LogP contribution in [-0.4, -0.2) is 13.6 Å². The van der Waals surface area contributed by atoms with Gasteiger partial charge in [-0.05, 0) is 12.5 Å². The average Bonchev–Trinajstić information content (AvgIpc) is 2.15. The molecule has 3 nitrogen and oxygen atoms in total. The van der Waals surface area contributed by atoms with E-state index in [1.807, 2.05) is 6.92 Å². The highest BCUT2D eigenvalue weighted by atomic mass is 35.5. The van der Waals surface area contributed by atoms with Crippen LogP contribution < -0.4 is 16.4 Å². The van der Waals surface area contributed by atoms with E-state index < -0.39 is 5.82 Å². The predicted molar refractivity (Wildman–Crippen MR) is 63.8 cm³/mol. The third kappa shape index (κ3) is 2.26. The van der Waals surface area contributed by atoms with Crippen molar-refractivity contribution in [3.63, 3.8) is 0 Å². The maximum atomic E-state index is 13.8. The fraction of sp³-hybridized carbons (Fsp3) is 0.400. The van der Waals surface area contributed by atoms with E-state index in [1.54, 1.807) is 11.9 Å². The average molecular weight is 232 g/mol. The maximum Gasteiger partial charge on any atom is 0.169 e. The molecule has 0 spiro atoms. The lowest BCUT2D eigenvalue weighted by Crippen LogP contribution is -2.21. The summed E-state index contributed by atoms with van der Waals surface area (Å²) < 4.78 is 13.8. The van der Waals surface area contributed by atoms with Crippen LogP contribution in [0.25, 0.3) is 0 Å². The van der Waals surface area contributed by atoms with Gasteiger partial charge < -0.3 is 16.4 Å². The van der Waals surface area contributed by atoms with Crippen molar-refractivity contribution in [2.24, 2.45) is 0 Å². The zero-order chi connectivity index (χ0) is 11.6. The van der Waals surface area contributed by atoms with Crippen LogP contribution in [0.1, 0.15) is 13.3 Å². The van der Waals surface area contributed by atoms with Gasteiger partial charge in [0.2, 0.25) is 0 Å². The van der Waals surface area contributed by atoms with Gasteiger partial charge in [0.1, 0.15) is 5.02 Å². The molecule has 5 heteroatoms. The lowest BCUT2D eigenvalue weighted by Gasteiger charge is -2.22. The molecule has 0 aliphatic carbocycles. The van der Waals surface area contributed by atoms with Crippen LogP contribution in [0.15, 0.2) is 6.07 Å². The number of anilines is 3. The van der Waals surface area contributed by atoms with E-state index in [-0.39, 0.29) is 10.7 Å². The van der Waals surface area contributed by atoms with E-state index >= 15 is 0 Å². The van der Waals surface area contributed by atoms with Crippen LogP contribution in [0.4, 0.5) is 21.5 Å². The van der Waals surface area contributed by atoms with Gasteiger partial charge in [0.15, 0.2) is 5.82 Å². The van der Waals surface area contributed by atoms with Gasteiger partial charge >= 0.3 is 0 Å². The van der Waals surface area contributed by atoms with E-state index in [9.17, 15) is 4.39 Å². The second-order valence-electron chi connectivity index (χ2n) is 3.45. The summed E-state index contributed by atoms with van der Waals surface area (Å²) in [5.74, 6) is -0.551. The molecule has 0 aliphatic rings. The van der Waals surface area contributed by atoms with E-state index in [0.29, 0.717) is 17.9 Å². The second-order valence-corrected chi connectivity index (χ2v) is 3.83. The van der Waals surface area contributed by atoms with Crippen molar-refractivity contribution in [2.45, 2.75) is 13.3 Å². The van der Waals surface area contributed by atoms with Crippen molar-refractivity contribution >= 4 is 28.7 Å². The summed E-state index contributed by atoms with van der Waals surface area (Å²) in [5.41, 5.74) is 12.0. The molecular formula is C10H15ClFN3. The fourth-order valence-corrected chi connectivity index (χ4v) is 1.64. The molecular weight excluding hydrogens is 217 g/mol. The third-order valence-electron chi connectivity index (χ3n) is 2.18. The molecule has 0 fully saturated rings. The van der Waals surface area contributed by atoms with E-state index in [1.165, 1.54) is 6.07 Å². The summed E-state index contributed by atoms with van der Waals surface area (Å²) in [5, 5.41) is -0.0675. The molecule has 0 aliphatic heterocycles. The van der Waals surface area contributed by atoms with Crippen LogP contribution in [0.5, 0.6) is 0 Å². The molecule has 0 bridgehead atoms. The zero-order valence-corrected chi connectivity index (χ0v) is 9.61. The van der Waals surface area contributed by atoms with Gasteiger partial charge in [0.05, 0.1) is 17.1 Å². The standard InChI is InChI=1S/C10H15ClFN3/c1-3-4-15(2)10-7(14)5-6(13)8(11)9(10)12/h5H,3-4,13-14H2,1-2H3. The number of hydrogen-bond donors (Lipinski definition) is 2. The number of benzene rings is 1. The Kier molecular flexibility index (Phi) is 3.63. The minimum Gasteiger partial charge on any atom is -0.397 e. The Hall–Kier alpha value is -1.16. The van der Waals surface area contributed by atoms with Crippen molar-refractivity contribution in [2.75, 3.05) is 30.0 Å². The van der Waals surface area contributed by atoms with Crippen molar-refractivity contribution in [3.8, 4) is 0 Å². The van der Waals surface area contributed by atoms with Gasteiger partial charge in [-0.15, -0.1) is 0 Å². The topological polar surface area (TPSA) is 55.3 Å². The normalized spacial score (nSPS) is 10.4. The quantitative estimate of drug-likeness (QED) is 0.786. The largest absolute Gasteiger partial charge is 0.397 e. The molecule has 0 amide bonds. The summed E-state index contributed by atoms with van der Waals surface area (Å²) >= 11 is 5.72. The van der Waals surface area contributed by atoms with Crippen molar-refractivity contribution < 1.29 is 4.39 Å². The van der Waals surface area contributed by atoms with E-state index in [0.717, 1.165) is 6.42 Å². The molecule has 0 radical (unpaired) electrons. The first-order valence-electron chi connectivity index (χ1n) is 4.73. The second kappa shape index (κ2) is 4.57. The maximum absolute atomic E-state index is 13.8. The van der Waals surface area contributed by atoms with Crippen LogP contribution in [0, 0.1) is 5.82 Å². The lowest BCUT2D eigenvalue weighted by atomic mass is 10.2. The van der Waals surface area contributed by atoms with Crippen molar-refractivity contribution in [1.29, 1.82) is 0 Å². The van der Waals surface area contributed by atoms with Gasteiger partial charge in [0, 0.05) is 13.6 Å². The first-order valence-corrected chi connectivity index (χ1v) is 5.10. The SMILES string of the molecule is CCCN(C)c1c(N)cc(N)c(Cl)c1F. The van der Waals surface area contributed by atoms with Crippen molar-refractivity contribution in [3.05, 3.63) is 16.9 Å². The van der Waals surface area contributed by atoms with Crippen LogP contribution in [0.2, 0.25) is 5.02 Å². The van der Waals surface area contributed by atoms with Gasteiger partial charge in [-0.1, -0.05) is 18.5 Å². The Balaban J connectivity index is 3.23. The molecule has 1 aromatic carbocycles. The number of nitrogens with zero attached hydrogens (tertiary/aromatic N) is 1. The monoisotopic (exact) mass is 231 g/mol. The van der Waals surface area contributed by atoms with Crippen LogP contribution in [-0.2, 0) is 0 Å². The summed E-state index contributed by atoms with van der Waals surface area (Å²) in [6.45, 7) is 2.71. The highest BCUT2D eigenvalue weighted by Crippen LogP contribution is 2.35.